The first-order chi connectivity index (χ1) is 8.77. The first-order valence-electron chi connectivity index (χ1n) is 6.44. The van der Waals surface area contributed by atoms with Crippen LogP contribution in [0.5, 0.6) is 5.75 Å². The minimum Gasteiger partial charge on any atom is -0.493 e. The van der Waals surface area contributed by atoms with Gasteiger partial charge in [0.2, 0.25) is 0 Å². The van der Waals surface area contributed by atoms with Crippen molar-refractivity contribution in [1.29, 1.82) is 0 Å². The topological polar surface area (TPSA) is 41.5 Å². The summed E-state index contributed by atoms with van der Waals surface area (Å²) in [4.78, 5) is 0. The molecule has 0 saturated heterocycles. The Balaban J connectivity index is 2.36. The third-order valence-corrected chi connectivity index (χ3v) is 2.70. The molecule has 1 aromatic carbocycles. The van der Waals surface area contributed by atoms with E-state index in [4.69, 9.17) is 9.84 Å². The number of hydrogen-bond acceptors (Lipinski definition) is 3. The molecule has 0 unspecified atom stereocenters. The van der Waals surface area contributed by atoms with Crippen molar-refractivity contribution >= 4 is 0 Å². The molecule has 0 radical (unpaired) electrons. The monoisotopic (exact) mass is 255 g/mol. The molecule has 2 N–H and O–H groups in total. The smallest absolute Gasteiger partial charge is 0.123 e. The Morgan fingerprint density at radius 2 is 2.00 bits per heavy atom. The van der Waals surface area contributed by atoms with Crippen LogP contribution in [0.3, 0.4) is 0 Å². The lowest BCUT2D eigenvalue weighted by atomic mass is 10.2. The van der Waals surface area contributed by atoms with Gasteiger partial charge in [0.25, 0.3) is 0 Å². The van der Waals surface area contributed by atoms with Crippen LogP contribution >= 0.6 is 0 Å². The van der Waals surface area contributed by atoms with Gasteiger partial charge in [0.15, 0.2) is 0 Å². The van der Waals surface area contributed by atoms with E-state index in [-0.39, 0.29) is 12.4 Å². The highest BCUT2D eigenvalue weighted by Gasteiger charge is 2.04. The van der Waals surface area contributed by atoms with Gasteiger partial charge in [-0.1, -0.05) is 6.42 Å². The zero-order valence-electron chi connectivity index (χ0n) is 10.9. The molecular formula is C14H22FNO2. The predicted molar refractivity (Wildman–Crippen MR) is 70.2 cm³/mol. The fourth-order valence-corrected chi connectivity index (χ4v) is 1.77. The maximum Gasteiger partial charge on any atom is 0.123 e. The van der Waals surface area contributed by atoms with Gasteiger partial charge in [-0.25, -0.2) is 4.39 Å². The normalized spacial score (nSPS) is 10.6. The minimum atomic E-state index is -0.240. The van der Waals surface area contributed by atoms with Crippen LogP contribution in [-0.4, -0.2) is 25.4 Å². The average Bonchev–Trinajstić information content (AvgIpc) is 2.36. The molecule has 0 bridgehead atoms. The molecule has 4 heteroatoms. The van der Waals surface area contributed by atoms with Crippen molar-refractivity contribution in [2.75, 3.05) is 20.3 Å². The van der Waals surface area contributed by atoms with Gasteiger partial charge in [-0.2, -0.15) is 0 Å². The summed E-state index contributed by atoms with van der Waals surface area (Å²) in [6, 6.07) is 4.59. The molecule has 102 valence electrons. The van der Waals surface area contributed by atoms with Crippen molar-refractivity contribution in [3.63, 3.8) is 0 Å². The van der Waals surface area contributed by atoms with Gasteiger partial charge < -0.3 is 15.2 Å². The molecule has 3 nitrogen and oxygen atoms in total. The first kappa shape index (κ1) is 14.9. The fourth-order valence-electron chi connectivity index (χ4n) is 1.77. The van der Waals surface area contributed by atoms with E-state index in [0.717, 1.165) is 37.0 Å². The molecule has 0 atom stereocenters. The molecule has 0 aliphatic carbocycles. The van der Waals surface area contributed by atoms with E-state index >= 15 is 0 Å². The molecule has 1 aromatic rings. The van der Waals surface area contributed by atoms with E-state index in [1.807, 2.05) is 7.05 Å². The Kier molecular flexibility index (Phi) is 7.37. The van der Waals surface area contributed by atoms with E-state index < -0.39 is 0 Å². The summed E-state index contributed by atoms with van der Waals surface area (Å²) >= 11 is 0. The van der Waals surface area contributed by atoms with Gasteiger partial charge in [-0.15, -0.1) is 0 Å². The number of rotatable bonds is 9. The third-order valence-electron chi connectivity index (χ3n) is 2.70. The van der Waals surface area contributed by atoms with E-state index in [0.29, 0.717) is 13.2 Å². The van der Waals surface area contributed by atoms with Gasteiger partial charge >= 0.3 is 0 Å². The number of benzene rings is 1. The number of aliphatic hydroxyl groups is 1. The summed E-state index contributed by atoms with van der Waals surface area (Å²) in [6.45, 7) is 1.48. The third kappa shape index (κ3) is 5.47. The zero-order chi connectivity index (χ0) is 13.2. The molecule has 18 heavy (non-hydrogen) atoms. The van der Waals surface area contributed by atoms with Crippen molar-refractivity contribution in [1.82, 2.24) is 5.32 Å². The minimum absolute atomic E-state index is 0.240. The van der Waals surface area contributed by atoms with Crippen molar-refractivity contribution in [3.8, 4) is 5.75 Å². The van der Waals surface area contributed by atoms with Gasteiger partial charge in [-0.05, 0) is 44.5 Å². The summed E-state index contributed by atoms with van der Waals surface area (Å²) in [5, 5.41) is 11.6. The highest BCUT2D eigenvalue weighted by atomic mass is 19.1. The highest BCUT2D eigenvalue weighted by Crippen LogP contribution is 2.20. The van der Waals surface area contributed by atoms with Crippen molar-refractivity contribution < 1.29 is 14.2 Å². The van der Waals surface area contributed by atoms with E-state index in [1.165, 1.54) is 12.1 Å². The van der Waals surface area contributed by atoms with Gasteiger partial charge in [0, 0.05) is 18.7 Å². The number of hydrogen-bond donors (Lipinski definition) is 2. The molecular weight excluding hydrogens is 233 g/mol. The molecule has 0 saturated carbocycles. The molecule has 0 spiro atoms. The van der Waals surface area contributed by atoms with Crippen LogP contribution in [0.1, 0.15) is 31.2 Å². The largest absolute Gasteiger partial charge is 0.493 e. The van der Waals surface area contributed by atoms with Crippen molar-refractivity contribution in [2.45, 2.75) is 32.2 Å². The van der Waals surface area contributed by atoms with Crippen LogP contribution in [0, 0.1) is 5.82 Å². The summed E-state index contributed by atoms with van der Waals surface area (Å²) < 4.78 is 18.7. The van der Waals surface area contributed by atoms with E-state index in [9.17, 15) is 4.39 Å². The van der Waals surface area contributed by atoms with Crippen LogP contribution in [0.15, 0.2) is 18.2 Å². The quantitative estimate of drug-likeness (QED) is 0.666. The lowest BCUT2D eigenvalue weighted by molar-refractivity contribution is 0.272. The maximum atomic E-state index is 13.1. The second-order valence-electron chi connectivity index (χ2n) is 4.27. The average molecular weight is 255 g/mol. The summed E-state index contributed by atoms with van der Waals surface area (Å²) in [6.07, 6.45) is 3.87. The Morgan fingerprint density at radius 1 is 1.22 bits per heavy atom. The Labute approximate surface area is 108 Å². The van der Waals surface area contributed by atoms with Gasteiger partial charge in [0.1, 0.15) is 11.6 Å². The summed E-state index contributed by atoms with van der Waals surface area (Å²) in [5.74, 6) is 0.503. The SMILES string of the molecule is CNCc1cc(F)ccc1OCCCCCCO. The molecule has 0 heterocycles. The number of nitrogens with one attached hydrogen (secondary N) is 1. The second kappa shape index (κ2) is 8.89. The number of aliphatic hydroxyl groups excluding tert-OH is 1. The summed E-state index contributed by atoms with van der Waals surface area (Å²) in [5.41, 5.74) is 0.841. The Bertz CT molecular complexity index is 345. The van der Waals surface area contributed by atoms with Crippen LogP contribution in [0.2, 0.25) is 0 Å². The number of unbranched alkanes of at least 4 members (excludes halogenated alkanes) is 3. The van der Waals surface area contributed by atoms with Crippen LogP contribution < -0.4 is 10.1 Å². The zero-order valence-corrected chi connectivity index (χ0v) is 10.9. The lowest BCUT2D eigenvalue weighted by Crippen LogP contribution is -2.08. The molecule has 0 aromatic heterocycles. The molecule has 0 fully saturated rings. The molecule has 0 amide bonds. The number of halogens is 1. The molecule has 1 rings (SSSR count). The standard InChI is InChI=1S/C14H22FNO2/c1-16-11-12-10-13(15)6-7-14(12)18-9-5-3-2-4-8-17/h6-7,10,16-17H,2-5,8-9,11H2,1H3. The summed E-state index contributed by atoms with van der Waals surface area (Å²) in [7, 11) is 1.82. The Morgan fingerprint density at radius 3 is 2.72 bits per heavy atom. The number of ether oxygens (including phenoxy) is 1. The maximum absolute atomic E-state index is 13.1. The first-order valence-corrected chi connectivity index (χ1v) is 6.44. The van der Waals surface area contributed by atoms with Crippen molar-refractivity contribution in [3.05, 3.63) is 29.6 Å². The van der Waals surface area contributed by atoms with Gasteiger partial charge in [0.05, 0.1) is 6.61 Å². The van der Waals surface area contributed by atoms with E-state index in [1.54, 1.807) is 6.07 Å². The predicted octanol–water partition coefficient (Wildman–Crippen LogP) is 2.48. The van der Waals surface area contributed by atoms with Crippen LogP contribution in [-0.2, 0) is 6.54 Å². The lowest BCUT2D eigenvalue weighted by Gasteiger charge is -2.11. The fraction of sp³-hybridized carbons (Fsp3) is 0.571. The van der Waals surface area contributed by atoms with Crippen LogP contribution in [0.4, 0.5) is 4.39 Å². The van der Waals surface area contributed by atoms with Gasteiger partial charge in [-0.3, -0.25) is 0 Å². The highest BCUT2D eigenvalue weighted by molar-refractivity contribution is 5.33. The molecule has 0 aliphatic rings. The second-order valence-corrected chi connectivity index (χ2v) is 4.27. The van der Waals surface area contributed by atoms with Crippen LogP contribution in [0.25, 0.3) is 0 Å². The Hall–Kier alpha value is -1.13. The molecule has 0 aliphatic heterocycles. The van der Waals surface area contributed by atoms with Crippen molar-refractivity contribution in [2.24, 2.45) is 0 Å². The van der Waals surface area contributed by atoms with E-state index in [2.05, 4.69) is 5.32 Å².